The van der Waals surface area contributed by atoms with Crippen molar-refractivity contribution in [2.45, 2.75) is 10.9 Å². The van der Waals surface area contributed by atoms with Crippen LogP contribution in [0, 0.1) is 11.3 Å². The molecule has 1 unspecified atom stereocenters. The number of hydrogen-bond donors (Lipinski definition) is 1. The molecule has 0 spiro atoms. The summed E-state index contributed by atoms with van der Waals surface area (Å²) in [7, 11) is -3.25. The zero-order chi connectivity index (χ0) is 15.0. The van der Waals surface area contributed by atoms with Gasteiger partial charge in [-0.1, -0.05) is 29.8 Å². The van der Waals surface area contributed by atoms with Crippen LogP contribution >= 0.6 is 11.6 Å². The maximum Gasteiger partial charge on any atom is 0.181 e. The summed E-state index contributed by atoms with van der Waals surface area (Å²) < 4.78 is 24.2. The average Bonchev–Trinajstić information content (AvgIpc) is 2.71. The first-order valence-electron chi connectivity index (χ1n) is 6.29. The monoisotopic (exact) mass is 318 g/mol. The summed E-state index contributed by atoms with van der Waals surface area (Å²) >= 11 is 5.99. The largest absolute Gasteiger partial charge is 0.377 e. The number of benzene rings is 2. The smallest absolute Gasteiger partial charge is 0.181 e. The van der Waals surface area contributed by atoms with Crippen molar-refractivity contribution >= 4 is 27.1 Å². The Morgan fingerprint density at radius 2 is 2.00 bits per heavy atom. The Morgan fingerprint density at radius 3 is 2.71 bits per heavy atom. The molecular formula is C15H11ClN2O2S. The maximum absolute atomic E-state index is 12.1. The minimum absolute atomic E-state index is 0.0178. The van der Waals surface area contributed by atoms with Crippen LogP contribution in [0.2, 0.25) is 5.02 Å². The van der Waals surface area contributed by atoms with Gasteiger partial charge in [-0.3, -0.25) is 0 Å². The third kappa shape index (κ3) is 2.48. The van der Waals surface area contributed by atoms with Gasteiger partial charge < -0.3 is 5.32 Å². The normalized spacial score (nSPS) is 18.8. The Kier molecular flexibility index (Phi) is 3.36. The highest BCUT2D eigenvalue weighted by Gasteiger charge is 2.34. The zero-order valence-corrected chi connectivity index (χ0v) is 12.4. The van der Waals surface area contributed by atoms with E-state index >= 15 is 0 Å². The first kappa shape index (κ1) is 13.9. The molecule has 3 rings (SSSR count). The lowest BCUT2D eigenvalue weighted by molar-refractivity contribution is 0.598. The van der Waals surface area contributed by atoms with E-state index in [-0.39, 0.29) is 11.8 Å². The van der Waals surface area contributed by atoms with Crippen LogP contribution in [0.5, 0.6) is 0 Å². The van der Waals surface area contributed by atoms with E-state index in [4.69, 9.17) is 16.9 Å². The van der Waals surface area contributed by atoms with Crippen LogP contribution in [0.4, 0.5) is 5.69 Å². The minimum atomic E-state index is -3.25. The molecule has 1 aliphatic rings. The van der Waals surface area contributed by atoms with Gasteiger partial charge in [0, 0.05) is 5.69 Å². The standard InChI is InChI=1S/C15H11ClN2O2S/c16-13-7-11(6-5-10(13)8-17)18-14-9-21(19,20)15-4-2-1-3-12(14)15/h1-7,14,18H,9H2. The lowest BCUT2D eigenvalue weighted by Crippen LogP contribution is -2.12. The lowest BCUT2D eigenvalue weighted by Gasteiger charge is -2.14. The first-order chi connectivity index (χ1) is 10.0. The molecule has 1 heterocycles. The quantitative estimate of drug-likeness (QED) is 0.923. The second-order valence-electron chi connectivity index (χ2n) is 4.82. The summed E-state index contributed by atoms with van der Waals surface area (Å²) in [5.41, 5.74) is 1.84. The molecule has 1 atom stereocenters. The van der Waals surface area contributed by atoms with Crippen LogP contribution < -0.4 is 5.32 Å². The van der Waals surface area contributed by atoms with E-state index < -0.39 is 9.84 Å². The van der Waals surface area contributed by atoms with Crippen LogP contribution in [0.1, 0.15) is 17.2 Å². The van der Waals surface area contributed by atoms with E-state index in [1.807, 2.05) is 18.2 Å². The van der Waals surface area contributed by atoms with Crippen molar-refractivity contribution in [2.24, 2.45) is 0 Å². The van der Waals surface area contributed by atoms with E-state index in [1.165, 1.54) is 0 Å². The second kappa shape index (κ2) is 5.06. The highest BCUT2D eigenvalue weighted by atomic mass is 35.5. The number of nitrogens with one attached hydrogen (secondary N) is 1. The first-order valence-corrected chi connectivity index (χ1v) is 8.32. The van der Waals surface area contributed by atoms with Crippen LogP contribution in [0.15, 0.2) is 47.4 Å². The Hall–Kier alpha value is -2.03. The number of rotatable bonds is 2. The van der Waals surface area contributed by atoms with Gasteiger partial charge in [0.05, 0.1) is 27.3 Å². The number of nitriles is 1. The molecule has 0 aliphatic carbocycles. The van der Waals surface area contributed by atoms with Gasteiger partial charge in [-0.05, 0) is 29.8 Å². The highest BCUT2D eigenvalue weighted by Crippen LogP contribution is 2.35. The third-order valence-electron chi connectivity index (χ3n) is 3.45. The molecule has 0 amide bonds. The molecule has 4 nitrogen and oxygen atoms in total. The molecule has 6 heteroatoms. The van der Waals surface area contributed by atoms with Gasteiger partial charge in [0.1, 0.15) is 6.07 Å². The Labute approximate surface area is 127 Å². The van der Waals surface area contributed by atoms with Crippen LogP contribution in [0.25, 0.3) is 0 Å². The molecule has 2 aromatic rings. The average molecular weight is 319 g/mol. The van der Waals surface area contributed by atoms with Gasteiger partial charge in [-0.2, -0.15) is 5.26 Å². The summed E-state index contributed by atoms with van der Waals surface area (Å²) in [5, 5.41) is 12.4. The minimum Gasteiger partial charge on any atom is -0.377 e. The second-order valence-corrected chi connectivity index (χ2v) is 7.23. The highest BCUT2D eigenvalue weighted by molar-refractivity contribution is 7.91. The number of fused-ring (bicyclic) bond motifs is 1. The molecule has 0 aromatic heterocycles. The van der Waals surface area contributed by atoms with E-state index in [2.05, 4.69) is 5.32 Å². The van der Waals surface area contributed by atoms with Crippen molar-refractivity contribution in [3.8, 4) is 6.07 Å². The molecular weight excluding hydrogens is 308 g/mol. The van der Waals surface area contributed by atoms with Gasteiger partial charge in [-0.15, -0.1) is 0 Å². The van der Waals surface area contributed by atoms with Crippen molar-refractivity contribution < 1.29 is 8.42 Å². The topological polar surface area (TPSA) is 70.0 Å². The summed E-state index contributed by atoms with van der Waals surface area (Å²) in [6, 6.07) is 13.6. The molecule has 0 fully saturated rings. The number of nitrogens with zero attached hydrogens (tertiary/aromatic N) is 1. The van der Waals surface area contributed by atoms with Crippen LogP contribution in [0.3, 0.4) is 0 Å². The van der Waals surface area contributed by atoms with Crippen molar-refractivity contribution in [1.29, 1.82) is 5.26 Å². The molecule has 0 bridgehead atoms. The molecule has 0 saturated carbocycles. The van der Waals surface area contributed by atoms with Crippen LogP contribution in [-0.4, -0.2) is 14.2 Å². The molecule has 2 aromatic carbocycles. The number of hydrogen-bond acceptors (Lipinski definition) is 4. The summed E-state index contributed by atoms with van der Waals surface area (Å²) in [5.74, 6) is 0.0178. The van der Waals surface area contributed by atoms with Crippen molar-refractivity contribution in [1.82, 2.24) is 0 Å². The van der Waals surface area contributed by atoms with Gasteiger partial charge in [-0.25, -0.2) is 8.42 Å². The Morgan fingerprint density at radius 1 is 1.24 bits per heavy atom. The number of anilines is 1. The van der Waals surface area contributed by atoms with E-state index in [0.29, 0.717) is 21.2 Å². The molecule has 0 radical (unpaired) electrons. The van der Waals surface area contributed by atoms with E-state index in [9.17, 15) is 8.42 Å². The fourth-order valence-electron chi connectivity index (χ4n) is 2.47. The van der Waals surface area contributed by atoms with Crippen molar-refractivity contribution in [3.05, 3.63) is 58.6 Å². The molecule has 1 aliphatic heterocycles. The van der Waals surface area contributed by atoms with Crippen molar-refractivity contribution in [3.63, 3.8) is 0 Å². The Bertz CT molecular complexity index is 856. The number of halogens is 1. The predicted octanol–water partition coefficient (Wildman–Crippen LogP) is 3.15. The fraction of sp³-hybridized carbons (Fsp3) is 0.133. The van der Waals surface area contributed by atoms with E-state index in [0.717, 1.165) is 5.56 Å². The van der Waals surface area contributed by atoms with Gasteiger partial charge in [0.2, 0.25) is 0 Å². The third-order valence-corrected chi connectivity index (χ3v) is 5.57. The van der Waals surface area contributed by atoms with Gasteiger partial charge in [0.15, 0.2) is 9.84 Å². The van der Waals surface area contributed by atoms with Gasteiger partial charge in [0.25, 0.3) is 0 Å². The molecule has 0 saturated heterocycles. The molecule has 1 N–H and O–H groups in total. The molecule has 21 heavy (non-hydrogen) atoms. The fourth-order valence-corrected chi connectivity index (χ4v) is 4.43. The molecule has 106 valence electrons. The van der Waals surface area contributed by atoms with Gasteiger partial charge >= 0.3 is 0 Å². The maximum atomic E-state index is 12.1. The SMILES string of the molecule is N#Cc1ccc(NC2CS(=O)(=O)c3ccccc32)cc1Cl. The van der Waals surface area contributed by atoms with Crippen molar-refractivity contribution in [2.75, 3.05) is 11.1 Å². The number of sulfone groups is 1. The predicted molar refractivity (Wildman–Crippen MR) is 81.0 cm³/mol. The zero-order valence-electron chi connectivity index (χ0n) is 10.9. The van der Waals surface area contributed by atoms with E-state index in [1.54, 1.807) is 30.3 Å². The summed E-state index contributed by atoms with van der Waals surface area (Å²) in [6.07, 6.45) is 0. The summed E-state index contributed by atoms with van der Waals surface area (Å²) in [4.78, 5) is 0.377. The Balaban J connectivity index is 1.94. The summed E-state index contributed by atoms with van der Waals surface area (Å²) in [6.45, 7) is 0. The lowest BCUT2D eigenvalue weighted by atomic mass is 10.1. The van der Waals surface area contributed by atoms with Crippen LogP contribution in [-0.2, 0) is 9.84 Å².